The summed E-state index contributed by atoms with van der Waals surface area (Å²) in [6.45, 7) is 6.25. The van der Waals surface area contributed by atoms with Gasteiger partial charge in [0.05, 0.1) is 12.1 Å². The quantitative estimate of drug-likeness (QED) is 0.873. The molecular formula is C14H22ClNO. The lowest BCUT2D eigenvalue weighted by Crippen LogP contribution is -2.29. The maximum atomic E-state index is 10.1. The molecule has 0 saturated heterocycles. The lowest BCUT2D eigenvalue weighted by molar-refractivity contribution is 0.122. The predicted octanol–water partition coefficient (Wildman–Crippen LogP) is 2.80. The van der Waals surface area contributed by atoms with Crippen molar-refractivity contribution in [2.45, 2.75) is 45.8 Å². The van der Waals surface area contributed by atoms with E-state index in [4.69, 9.17) is 5.73 Å². The summed E-state index contributed by atoms with van der Waals surface area (Å²) in [4.78, 5) is 0. The van der Waals surface area contributed by atoms with E-state index in [1.54, 1.807) is 0 Å². The average Bonchev–Trinajstić information content (AvgIpc) is 2.97. The van der Waals surface area contributed by atoms with Gasteiger partial charge in [-0.2, -0.15) is 0 Å². The van der Waals surface area contributed by atoms with E-state index < -0.39 is 0 Å². The molecule has 96 valence electrons. The molecule has 1 aromatic carbocycles. The first-order valence-electron chi connectivity index (χ1n) is 6.02. The van der Waals surface area contributed by atoms with E-state index in [1.165, 1.54) is 16.7 Å². The summed E-state index contributed by atoms with van der Waals surface area (Å²) in [5, 5.41) is 10.1. The highest BCUT2D eigenvalue weighted by molar-refractivity contribution is 5.85. The number of hydrogen-bond donors (Lipinski definition) is 2. The van der Waals surface area contributed by atoms with Gasteiger partial charge >= 0.3 is 0 Å². The van der Waals surface area contributed by atoms with E-state index in [-0.39, 0.29) is 24.6 Å². The fraction of sp³-hybridized carbons (Fsp3) is 0.571. The molecule has 1 aromatic rings. The lowest BCUT2D eigenvalue weighted by Gasteiger charge is -2.23. The van der Waals surface area contributed by atoms with Crippen LogP contribution < -0.4 is 5.73 Å². The Morgan fingerprint density at radius 1 is 1.18 bits per heavy atom. The van der Waals surface area contributed by atoms with Crippen LogP contribution in [-0.2, 0) is 0 Å². The number of aryl methyl sites for hydroxylation is 3. The smallest absolute Gasteiger partial charge is 0.0761 e. The van der Waals surface area contributed by atoms with Gasteiger partial charge in [0, 0.05) is 0 Å². The number of benzene rings is 1. The number of aliphatic hydroxyl groups excluding tert-OH is 1. The summed E-state index contributed by atoms with van der Waals surface area (Å²) in [6.07, 6.45) is 1.87. The van der Waals surface area contributed by atoms with Crippen LogP contribution in [0.1, 0.15) is 41.1 Å². The Bertz CT molecular complexity index is 378. The number of hydrogen-bond acceptors (Lipinski definition) is 2. The zero-order valence-corrected chi connectivity index (χ0v) is 11.6. The molecule has 2 nitrogen and oxygen atoms in total. The highest BCUT2D eigenvalue weighted by atomic mass is 35.5. The Kier molecular flexibility index (Phi) is 4.59. The maximum absolute atomic E-state index is 10.1. The zero-order valence-electron chi connectivity index (χ0n) is 10.7. The summed E-state index contributed by atoms with van der Waals surface area (Å²) in [5.41, 5.74) is 11.0. The first kappa shape index (κ1) is 14.5. The van der Waals surface area contributed by atoms with Crippen molar-refractivity contribution in [3.05, 3.63) is 34.4 Å². The third-order valence-electron chi connectivity index (χ3n) is 3.54. The van der Waals surface area contributed by atoms with Crippen LogP contribution in [0.25, 0.3) is 0 Å². The summed E-state index contributed by atoms with van der Waals surface area (Å²) >= 11 is 0. The van der Waals surface area contributed by atoms with E-state index in [0.717, 1.165) is 18.4 Å². The van der Waals surface area contributed by atoms with Gasteiger partial charge in [-0.05, 0) is 56.2 Å². The molecule has 0 aliphatic heterocycles. The van der Waals surface area contributed by atoms with E-state index in [2.05, 4.69) is 32.9 Å². The van der Waals surface area contributed by atoms with Gasteiger partial charge in [0.2, 0.25) is 0 Å². The van der Waals surface area contributed by atoms with Crippen LogP contribution in [0, 0.1) is 26.7 Å². The largest absolute Gasteiger partial charge is 0.391 e. The molecule has 1 saturated carbocycles. The molecule has 0 unspecified atom stereocenters. The molecule has 1 fully saturated rings. The van der Waals surface area contributed by atoms with Crippen LogP contribution >= 0.6 is 12.4 Å². The van der Waals surface area contributed by atoms with Crippen LogP contribution in [0.4, 0.5) is 0 Å². The van der Waals surface area contributed by atoms with Crippen molar-refractivity contribution in [1.82, 2.24) is 0 Å². The standard InChI is InChI=1S/C14H21NO.ClH/c1-8-6-9(2)12(10(3)7-8)13(15)14(16)11-4-5-11;/h6-7,11,13-14,16H,4-5,15H2,1-3H3;1H/t13-,14+;/m0./s1. The zero-order chi connectivity index (χ0) is 11.9. The Hall–Kier alpha value is -0.570. The van der Waals surface area contributed by atoms with Gasteiger partial charge in [0.15, 0.2) is 0 Å². The van der Waals surface area contributed by atoms with Crippen LogP contribution in [-0.4, -0.2) is 11.2 Å². The van der Waals surface area contributed by atoms with Crippen LogP contribution in [0.3, 0.4) is 0 Å². The molecular weight excluding hydrogens is 234 g/mol. The SMILES string of the molecule is Cc1cc(C)c([C@H](N)[C@H](O)C2CC2)c(C)c1.Cl. The molecule has 0 spiro atoms. The van der Waals surface area contributed by atoms with Gasteiger partial charge in [0.25, 0.3) is 0 Å². The van der Waals surface area contributed by atoms with Crippen LogP contribution in [0.5, 0.6) is 0 Å². The Balaban J connectivity index is 0.00000144. The first-order chi connectivity index (χ1) is 7.50. The summed E-state index contributed by atoms with van der Waals surface area (Å²) in [6, 6.07) is 4.05. The number of aliphatic hydroxyl groups is 1. The number of halogens is 1. The van der Waals surface area contributed by atoms with E-state index in [0.29, 0.717) is 5.92 Å². The summed E-state index contributed by atoms with van der Waals surface area (Å²) < 4.78 is 0. The maximum Gasteiger partial charge on any atom is 0.0761 e. The average molecular weight is 256 g/mol. The summed E-state index contributed by atoms with van der Waals surface area (Å²) in [7, 11) is 0. The lowest BCUT2D eigenvalue weighted by atomic mass is 9.90. The van der Waals surface area contributed by atoms with Crippen molar-refractivity contribution >= 4 is 12.4 Å². The van der Waals surface area contributed by atoms with Crippen molar-refractivity contribution in [3.63, 3.8) is 0 Å². The molecule has 0 amide bonds. The van der Waals surface area contributed by atoms with Gasteiger partial charge in [-0.3, -0.25) is 0 Å². The van der Waals surface area contributed by atoms with Gasteiger partial charge in [-0.25, -0.2) is 0 Å². The fourth-order valence-electron chi connectivity index (χ4n) is 2.62. The van der Waals surface area contributed by atoms with Crippen molar-refractivity contribution in [1.29, 1.82) is 0 Å². The van der Waals surface area contributed by atoms with Gasteiger partial charge in [-0.1, -0.05) is 17.7 Å². The predicted molar refractivity (Wildman–Crippen MR) is 73.6 cm³/mol. The Labute approximate surface area is 110 Å². The van der Waals surface area contributed by atoms with Crippen LogP contribution in [0.15, 0.2) is 12.1 Å². The van der Waals surface area contributed by atoms with E-state index in [1.807, 2.05) is 0 Å². The van der Waals surface area contributed by atoms with Gasteiger partial charge in [0.1, 0.15) is 0 Å². The molecule has 0 heterocycles. The molecule has 3 heteroatoms. The Morgan fingerprint density at radius 2 is 1.65 bits per heavy atom. The monoisotopic (exact) mass is 255 g/mol. The van der Waals surface area contributed by atoms with E-state index >= 15 is 0 Å². The van der Waals surface area contributed by atoms with Crippen molar-refractivity contribution in [2.75, 3.05) is 0 Å². The highest BCUT2D eigenvalue weighted by Crippen LogP contribution is 2.38. The molecule has 0 aromatic heterocycles. The molecule has 3 N–H and O–H groups in total. The minimum absolute atomic E-state index is 0. The minimum Gasteiger partial charge on any atom is -0.391 e. The molecule has 1 aliphatic rings. The molecule has 2 atom stereocenters. The topological polar surface area (TPSA) is 46.2 Å². The second-order valence-corrected chi connectivity index (χ2v) is 5.17. The third-order valence-corrected chi connectivity index (χ3v) is 3.54. The minimum atomic E-state index is -0.375. The molecule has 2 rings (SSSR count). The van der Waals surface area contributed by atoms with Gasteiger partial charge < -0.3 is 10.8 Å². The highest BCUT2D eigenvalue weighted by Gasteiger charge is 2.35. The fourth-order valence-corrected chi connectivity index (χ4v) is 2.62. The number of nitrogens with two attached hydrogens (primary N) is 1. The second-order valence-electron chi connectivity index (χ2n) is 5.17. The molecule has 0 bridgehead atoms. The second kappa shape index (κ2) is 5.38. The van der Waals surface area contributed by atoms with Crippen molar-refractivity contribution in [3.8, 4) is 0 Å². The molecule has 0 radical (unpaired) electrons. The molecule has 17 heavy (non-hydrogen) atoms. The first-order valence-corrected chi connectivity index (χ1v) is 6.02. The van der Waals surface area contributed by atoms with Crippen molar-refractivity contribution in [2.24, 2.45) is 11.7 Å². The van der Waals surface area contributed by atoms with E-state index in [9.17, 15) is 5.11 Å². The normalized spacial score (nSPS) is 18.4. The number of rotatable bonds is 3. The third kappa shape index (κ3) is 3.01. The summed E-state index contributed by atoms with van der Waals surface area (Å²) in [5.74, 6) is 0.426. The van der Waals surface area contributed by atoms with Gasteiger partial charge in [-0.15, -0.1) is 12.4 Å². The molecule has 1 aliphatic carbocycles. The van der Waals surface area contributed by atoms with Crippen molar-refractivity contribution < 1.29 is 5.11 Å². The van der Waals surface area contributed by atoms with Crippen LogP contribution in [0.2, 0.25) is 0 Å². The Morgan fingerprint density at radius 3 is 2.06 bits per heavy atom.